The van der Waals surface area contributed by atoms with Crippen molar-refractivity contribution in [3.8, 4) is 0 Å². The Bertz CT molecular complexity index is 331. The predicted molar refractivity (Wildman–Crippen MR) is 57.0 cm³/mol. The first-order chi connectivity index (χ1) is 6.53. The molecule has 0 fully saturated rings. The molecule has 4 nitrogen and oxygen atoms in total. The van der Waals surface area contributed by atoms with Gasteiger partial charge < -0.3 is 15.9 Å². The zero-order chi connectivity index (χ0) is 10.8. The van der Waals surface area contributed by atoms with Crippen molar-refractivity contribution in [1.82, 2.24) is 4.98 Å². The summed E-state index contributed by atoms with van der Waals surface area (Å²) in [7, 11) is 0. The zero-order valence-electron chi connectivity index (χ0n) is 7.24. The van der Waals surface area contributed by atoms with E-state index in [9.17, 15) is 0 Å². The van der Waals surface area contributed by atoms with Crippen molar-refractivity contribution in [2.24, 2.45) is 5.73 Å². The molecule has 1 heterocycles. The number of halogens is 2. The summed E-state index contributed by atoms with van der Waals surface area (Å²) >= 11 is 9.01. The Labute approximate surface area is 94.8 Å². The molecule has 0 saturated carbocycles. The molecule has 1 aromatic heterocycles. The van der Waals surface area contributed by atoms with Crippen molar-refractivity contribution < 1.29 is 10.2 Å². The largest absolute Gasteiger partial charge is 0.394 e. The highest BCUT2D eigenvalue weighted by Gasteiger charge is 2.28. The number of nitrogens with two attached hydrogens (primary N) is 1. The standard InChI is InChI=1S/C8H10BrClN2O2/c9-5-1-6(7(10)12-2-5)8(11,3-13)4-14/h1-2,13-14H,3-4,11H2. The van der Waals surface area contributed by atoms with Gasteiger partial charge in [-0.2, -0.15) is 0 Å². The highest BCUT2D eigenvalue weighted by molar-refractivity contribution is 9.10. The van der Waals surface area contributed by atoms with E-state index < -0.39 is 18.8 Å². The summed E-state index contributed by atoms with van der Waals surface area (Å²) in [6.45, 7) is -0.803. The van der Waals surface area contributed by atoms with E-state index in [2.05, 4.69) is 20.9 Å². The van der Waals surface area contributed by atoms with E-state index in [1.807, 2.05) is 0 Å². The van der Waals surface area contributed by atoms with Gasteiger partial charge in [-0.05, 0) is 22.0 Å². The van der Waals surface area contributed by atoms with Gasteiger partial charge in [-0.25, -0.2) is 4.98 Å². The molecule has 4 N–H and O–H groups in total. The van der Waals surface area contributed by atoms with Crippen molar-refractivity contribution in [1.29, 1.82) is 0 Å². The molecule has 0 bridgehead atoms. The van der Waals surface area contributed by atoms with Gasteiger partial charge >= 0.3 is 0 Å². The SMILES string of the molecule is NC(CO)(CO)c1cc(Br)cnc1Cl. The van der Waals surface area contributed by atoms with Crippen molar-refractivity contribution in [3.05, 3.63) is 27.5 Å². The van der Waals surface area contributed by atoms with Crippen LogP contribution in [0, 0.1) is 0 Å². The molecule has 1 rings (SSSR count). The lowest BCUT2D eigenvalue weighted by Crippen LogP contribution is -2.44. The first-order valence-electron chi connectivity index (χ1n) is 3.85. The number of aromatic nitrogens is 1. The topological polar surface area (TPSA) is 79.4 Å². The number of nitrogens with zero attached hydrogens (tertiary/aromatic N) is 1. The molecule has 0 saturated heterocycles. The fraction of sp³-hybridized carbons (Fsp3) is 0.375. The van der Waals surface area contributed by atoms with Crippen LogP contribution in [-0.4, -0.2) is 28.4 Å². The number of pyridine rings is 1. The molecule has 0 amide bonds. The minimum atomic E-state index is -1.26. The van der Waals surface area contributed by atoms with Gasteiger partial charge in [-0.15, -0.1) is 0 Å². The van der Waals surface area contributed by atoms with Crippen molar-refractivity contribution in [2.45, 2.75) is 5.54 Å². The van der Waals surface area contributed by atoms with Gasteiger partial charge in [0, 0.05) is 16.2 Å². The smallest absolute Gasteiger partial charge is 0.134 e. The van der Waals surface area contributed by atoms with E-state index in [-0.39, 0.29) is 5.15 Å². The monoisotopic (exact) mass is 280 g/mol. The number of hydrogen-bond acceptors (Lipinski definition) is 4. The van der Waals surface area contributed by atoms with Gasteiger partial charge in [0.15, 0.2) is 0 Å². The lowest BCUT2D eigenvalue weighted by molar-refractivity contribution is 0.120. The Morgan fingerprint density at radius 1 is 1.50 bits per heavy atom. The van der Waals surface area contributed by atoms with Crippen LogP contribution >= 0.6 is 27.5 Å². The van der Waals surface area contributed by atoms with Gasteiger partial charge in [0.25, 0.3) is 0 Å². The Morgan fingerprint density at radius 3 is 2.57 bits per heavy atom. The van der Waals surface area contributed by atoms with Crippen LogP contribution in [0.4, 0.5) is 0 Å². The van der Waals surface area contributed by atoms with E-state index in [4.69, 9.17) is 27.5 Å². The molecule has 0 aliphatic carbocycles. The summed E-state index contributed by atoms with van der Waals surface area (Å²) < 4.78 is 0.689. The first-order valence-corrected chi connectivity index (χ1v) is 5.02. The zero-order valence-corrected chi connectivity index (χ0v) is 9.59. The highest BCUT2D eigenvalue weighted by atomic mass is 79.9. The summed E-state index contributed by atoms with van der Waals surface area (Å²) in [5.41, 5.74) is 4.90. The van der Waals surface area contributed by atoms with Crippen LogP contribution in [0.15, 0.2) is 16.7 Å². The molecule has 0 atom stereocenters. The molecular formula is C8H10BrClN2O2. The molecule has 78 valence electrons. The molecule has 0 spiro atoms. The Kier molecular flexibility index (Phi) is 3.86. The van der Waals surface area contributed by atoms with Crippen LogP contribution in [0.2, 0.25) is 5.15 Å². The lowest BCUT2D eigenvalue weighted by atomic mass is 9.94. The number of rotatable bonds is 3. The van der Waals surface area contributed by atoms with Gasteiger partial charge in [-0.3, -0.25) is 0 Å². The van der Waals surface area contributed by atoms with Crippen LogP contribution in [-0.2, 0) is 5.54 Å². The second kappa shape index (κ2) is 4.55. The fourth-order valence-electron chi connectivity index (χ4n) is 0.992. The fourth-order valence-corrected chi connectivity index (χ4v) is 1.61. The number of aliphatic hydroxyl groups is 2. The molecule has 0 aliphatic rings. The van der Waals surface area contributed by atoms with Gasteiger partial charge in [0.1, 0.15) is 5.15 Å². The van der Waals surface area contributed by atoms with E-state index in [1.54, 1.807) is 6.07 Å². The summed E-state index contributed by atoms with van der Waals surface area (Å²) in [5, 5.41) is 18.3. The Hall–Kier alpha value is -0.200. The van der Waals surface area contributed by atoms with Crippen LogP contribution < -0.4 is 5.73 Å². The second-order valence-electron chi connectivity index (χ2n) is 2.96. The summed E-state index contributed by atoms with van der Waals surface area (Å²) in [4.78, 5) is 3.86. The molecule has 0 aromatic carbocycles. The Morgan fingerprint density at radius 2 is 2.07 bits per heavy atom. The van der Waals surface area contributed by atoms with Crippen molar-refractivity contribution in [3.63, 3.8) is 0 Å². The predicted octanol–water partition coefficient (Wildman–Crippen LogP) is 0.636. The molecule has 0 unspecified atom stereocenters. The quantitative estimate of drug-likeness (QED) is 0.710. The molecule has 0 radical (unpaired) electrons. The molecule has 14 heavy (non-hydrogen) atoms. The maximum Gasteiger partial charge on any atom is 0.134 e. The highest BCUT2D eigenvalue weighted by Crippen LogP contribution is 2.26. The summed E-state index contributed by atoms with van der Waals surface area (Å²) in [6.07, 6.45) is 1.51. The van der Waals surface area contributed by atoms with Gasteiger partial charge in [0.2, 0.25) is 0 Å². The van der Waals surface area contributed by atoms with E-state index in [0.29, 0.717) is 10.0 Å². The van der Waals surface area contributed by atoms with Crippen LogP contribution in [0.5, 0.6) is 0 Å². The minimum absolute atomic E-state index is 0.179. The number of aliphatic hydroxyl groups excluding tert-OH is 2. The van der Waals surface area contributed by atoms with Crippen LogP contribution in [0.25, 0.3) is 0 Å². The molecule has 6 heteroatoms. The minimum Gasteiger partial charge on any atom is -0.394 e. The average Bonchev–Trinajstić information content (AvgIpc) is 2.20. The maximum absolute atomic E-state index is 9.07. The van der Waals surface area contributed by atoms with Crippen molar-refractivity contribution in [2.75, 3.05) is 13.2 Å². The van der Waals surface area contributed by atoms with E-state index in [1.165, 1.54) is 6.20 Å². The average molecular weight is 282 g/mol. The molecular weight excluding hydrogens is 271 g/mol. The summed E-state index contributed by atoms with van der Waals surface area (Å²) in [6, 6.07) is 1.63. The van der Waals surface area contributed by atoms with Crippen LogP contribution in [0.3, 0.4) is 0 Å². The van der Waals surface area contributed by atoms with Gasteiger partial charge in [0.05, 0.1) is 18.8 Å². The normalized spacial score (nSPS) is 11.8. The second-order valence-corrected chi connectivity index (χ2v) is 4.24. The Balaban J connectivity index is 3.22. The number of hydrogen-bond donors (Lipinski definition) is 3. The summed E-state index contributed by atoms with van der Waals surface area (Å²) in [5.74, 6) is 0. The third-order valence-corrected chi connectivity index (χ3v) is 2.64. The van der Waals surface area contributed by atoms with Crippen LogP contribution in [0.1, 0.15) is 5.56 Å². The third kappa shape index (κ3) is 2.24. The molecule has 1 aromatic rings. The molecule has 0 aliphatic heterocycles. The first kappa shape index (κ1) is 11.9. The van der Waals surface area contributed by atoms with Crippen molar-refractivity contribution >= 4 is 27.5 Å². The van der Waals surface area contributed by atoms with Gasteiger partial charge in [-0.1, -0.05) is 11.6 Å². The van der Waals surface area contributed by atoms with E-state index >= 15 is 0 Å². The lowest BCUT2D eigenvalue weighted by Gasteiger charge is -2.25. The maximum atomic E-state index is 9.07. The van der Waals surface area contributed by atoms with E-state index in [0.717, 1.165) is 0 Å². The third-order valence-electron chi connectivity index (χ3n) is 1.91.